The first kappa shape index (κ1) is 12.5. The topological polar surface area (TPSA) is 83.7 Å². The molecule has 0 radical (unpaired) electrons. The number of carbonyl (C=O) groups is 1. The van der Waals surface area contributed by atoms with Crippen LogP contribution in [-0.2, 0) is 0 Å². The van der Waals surface area contributed by atoms with E-state index in [-0.39, 0.29) is 29.8 Å². The van der Waals surface area contributed by atoms with Crippen LogP contribution < -0.4 is 0 Å². The Hall–Kier alpha value is -1.95. The molecular weight excluding hydrogens is 236 g/mol. The van der Waals surface area contributed by atoms with Crippen molar-refractivity contribution in [2.24, 2.45) is 0 Å². The van der Waals surface area contributed by atoms with Gasteiger partial charge in [-0.25, -0.2) is 0 Å². The van der Waals surface area contributed by atoms with Gasteiger partial charge in [-0.1, -0.05) is 12.1 Å². The number of carbonyl (C=O) groups excluding carboxylic acids is 1. The van der Waals surface area contributed by atoms with Crippen LogP contribution in [0.5, 0.6) is 0 Å². The largest absolute Gasteiger partial charge is 0.394 e. The van der Waals surface area contributed by atoms with Gasteiger partial charge in [0.15, 0.2) is 0 Å². The van der Waals surface area contributed by atoms with E-state index in [1.807, 2.05) is 0 Å². The summed E-state index contributed by atoms with van der Waals surface area (Å²) >= 11 is 0. The molecule has 96 valence electrons. The normalized spacial score (nSPS) is 18.9. The molecule has 1 aromatic carbocycles. The first-order valence-electron chi connectivity index (χ1n) is 5.80. The maximum Gasteiger partial charge on any atom is 0.282 e. The van der Waals surface area contributed by atoms with Gasteiger partial charge in [-0.2, -0.15) is 0 Å². The first-order valence-corrected chi connectivity index (χ1v) is 5.80. The molecule has 1 amide bonds. The van der Waals surface area contributed by atoms with Crippen molar-refractivity contribution in [2.45, 2.75) is 18.9 Å². The minimum atomic E-state index is -0.558. The maximum atomic E-state index is 12.3. The molecule has 0 aliphatic carbocycles. The zero-order valence-corrected chi connectivity index (χ0v) is 9.78. The summed E-state index contributed by atoms with van der Waals surface area (Å²) in [6, 6.07) is 5.68. The number of aliphatic hydroxyl groups is 1. The molecule has 18 heavy (non-hydrogen) atoms. The number of hydrogen-bond donors (Lipinski definition) is 1. The van der Waals surface area contributed by atoms with Crippen LogP contribution in [0.1, 0.15) is 23.2 Å². The highest BCUT2D eigenvalue weighted by Crippen LogP contribution is 2.24. The van der Waals surface area contributed by atoms with E-state index in [1.54, 1.807) is 6.07 Å². The van der Waals surface area contributed by atoms with Gasteiger partial charge in [0.2, 0.25) is 0 Å². The van der Waals surface area contributed by atoms with E-state index >= 15 is 0 Å². The van der Waals surface area contributed by atoms with Crippen LogP contribution >= 0.6 is 0 Å². The summed E-state index contributed by atoms with van der Waals surface area (Å²) in [6.45, 7) is 0.433. The average molecular weight is 250 g/mol. The van der Waals surface area contributed by atoms with E-state index in [0.29, 0.717) is 6.54 Å². The van der Waals surface area contributed by atoms with Crippen LogP contribution in [0.15, 0.2) is 24.3 Å². The van der Waals surface area contributed by atoms with Crippen molar-refractivity contribution in [2.75, 3.05) is 13.2 Å². The summed E-state index contributed by atoms with van der Waals surface area (Å²) in [6.07, 6.45) is 1.56. The molecule has 0 spiro atoms. The Morgan fingerprint density at radius 2 is 2.22 bits per heavy atom. The molecule has 2 rings (SSSR count). The highest BCUT2D eigenvalue weighted by atomic mass is 16.6. The van der Waals surface area contributed by atoms with Crippen LogP contribution in [0.3, 0.4) is 0 Å². The quantitative estimate of drug-likeness (QED) is 0.645. The van der Waals surface area contributed by atoms with Gasteiger partial charge >= 0.3 is 0 Å². The lowest BCUT2D eigenvalue weighted by atomic mass is 10.1. The molecule has 1 aromatic rings. The van der Waals surface area contributed by atoms with E-state index in [1.165, 1.54) is 23.1 Å². The Morgan fingerprint density at radius 3 is 2.89 bits per heavy atom. The Balaban J connectivity index is 2.31. The molecule has 1 N–H and O–H groups in total. The van der Waals surface area contributed by atoms with Crippen molar-refractivity contribution in [3.63, 3.8) is 0 Å². The van der Waals surface area contributed by atoms with Crippen molar-refractivity contribution in [3.05, 3.63) is 39.9 Å². The second-order valence-corrected chi connectivity index (χ2v) is 4.25. The second-order valence-electron chi connectivity index (χ2n) is 4.25. The van der Waals surface area contributed by atoms with Crippen molar-refractivity contribution in [3.8, 4) is 0 Å². The fourth-order valence-electron chi connectivity index (χ4n) is 2.26. The summed E-state index contributed by atoms with van der Waals surface area (Å²) in [5.41, 5.74) is -0.103. The predicted molar refractivity (Wildman–Crippen MR) is 64.2 cm³/mol. The highest BCUT2D eigenvalue weighted by molar-refractivity contribution is 5.98. The monoisotopic (exact) mass is 250 g/mol. The molecule has 1 aliphatic heterocycles. The molecule has 6 heteroatoms. The number of amides is 1. The zero-order chi connectivity index (χ0) is 13.1. The lowest BCUT2D eigenvalue weighted by Gasteiger charge is -2.22. The minimum absolute atomic E-state index is 0.0860. The number of benzene rings is 1. The average Bonchev–Trinajstić information content (AvgIpc) is 2.86. The van der Waals surface area contributed by atoms with Gasteiger partial charge < -0.3 is 10.0 Å². The van der Waals surface area contributed by atoms with Crippen molar-refractivity contribution in [1.82, 2.24) is 4.90 Å². The summed E-state index contributed by atoms with van der Waals surface area (Å²) in [7, 11) is 0. The van der Waals surface area contributed by atoms with Gasteiger partial charge in [-0.05, 0) is 18.9 Å². The minimum Gasteiger partial charge on any atom is -0.394 e. The molecule has 0 bridgehead atoms. The number of nitro benzene ring substituents is 1. The van der Waals surface area contributed by atoms with Crippen LogP contribution in [0, 0.1) is 10.1 Å². The Kier molecular flexibility index (Phi) is 3.57. The molecule has 1 aliphatic rings. The summed E-state index contributed by atoms with van der Waals surface area (Å²) < 4.78 is 0. The third-order valence-corrected chi connectivity index (χ3v) is 3.18. The van der Waals surface area contributed by atoms with Gasteiger partial charge in [-0.15, -0.1) is 0 Å². The van der Waals surface area contributed by atoms with Crippen LogP contribution in [0.2, 0.25) is 0 Å². The van der Waals surface area contributed by atoms with E-state index in [9.17, 15) is 20.0 Å². The number of para-hydroxylation sites is 1. The molecule has 1 heterocycles. The number of nitro groups is 1. The summed E-state index contributed by atoms with van der Waals surface area (Å²) in [5, 5.41) is 20.1. The fraction of sp³-hybridized carbons (Fsp3) is 0.417. The zero-order valence-electron chi connectivity index (χ0n) is 9.78. The highest BCUT2D eigenvalue weighted by Gasteiger charge is 2.31. The van der Waals surface area contributed by atoms with Gasteiger partial charge in [0.1, 0.15) is 5.56 Å². The third kappa shape index (κ3) is 2.19. The molecule has 6 nitrogen and oxygen atoms in total. The van der Waals surface area contributed by atoms with E-state index in [4.69, 9.17) is 0 Å². The number of rotatable bonds is 3. The van der Waals surface area contributed by atoms with Crippen LogP contribution in [0.4, 0.5) is 5.69 Å². The molecule has 1 fully saturated rings. The van der Waals surface area contributed by atoms with Crippen LogP contribution in [0.25, 0.3) is 0 Å². The molecule has 0 aromatic heterocycles. The van der Waals surface area contributed by atoms with E-state index < -0.39 is 4.92 Å². The Bertz CT molecular complexity index is 475. The van der Waals surface area contributed by atoms with Gasteiger partial charge in [-0.3, -0.25) is 14.9 Å². The van der Waals surface area contributed by atoms with E-state index in [0.717, 1.165) is 12.8 Å². The predicted octanol–water partition coefficient (Wildman–Crippen LogP) is 1.19. The SMILES string of the molecule is O=C(c1ccccc1[N+](=O)[O-])N1CCC[C@@H]1CO. The first-order chi connectivity index (χ1) is 8.65. The summed E-state index contributed by atoms with van der Waals surface area (Å²) in [5.74, 6) is -0.376. The molecule has 0 saturated carbocycles. The van der Waals surface area contributed by atoms with Crippen molar-refractivity contribution >= 4 is 11.6 Å². The Morgan fingerprint density at radius 1 is 1.50 bits per heavy atom. The van der Waals surface area contributed by atoms with E-state index in [2.05, 4.69) is 0 Å². The smallest absolute Gasteiger partial charge is 0.282 e. The Labute approximate surface area is 104 Å². The van der Waals surface area contributed by atoms with Crippen LogP contribution in [-0.4, -0.2) is 40.0 Å². The van der Waals surface area contributed by atoms with Crippen molar-refractivity contribution < 1.29 is 14.8 Å². The summed E-state index contributed by atoms with van der Waals surface area (Å²) in [4.78, 5) is 24.1. The van der Waals surface area contributed by atoms with Gasteiger partial charge in [0.05, 0.1) is 17.6 Å². The third-order valence-electron chi connectivity index (χ3n) is 3.18. The molecule has 1 atom stereocenters. The maximum absolute atomic E-state index is 12.3. The number of nitrogens with zero attached hydrogens (tertiary/aromatic N) is 2. The molecular formula is C12H14N2O4. The van der Waals surface area contributed by atoms with Gasteiger partial charge in [0.25, 0.3) is 11.6 Å². The number of hydrogen-bond acceptors (Lipinski definition) is 4. The number of likely N-dealkylation sites (tertiary alicyclic amines) is 1. The second kappa shape index (κ2) is 5.14. The fourth-order valence-corrected chi connectivity index (χ4v) is 2.26. The number of aliphatic hydroxyl groups excluding tert-OH is 1. The molecule has 0 unspecified atom stereocenters. The lowest BCUT2D eigenvalue weighted by Crippen LogP contribution is -2.37. The molecule has 1 saturated heterocycles. The lowest BCUT2D eigenvalue weighted by molar-refractivity contribution is -0.385. The standard InChI is InChI=1S/C12H14N2O4/c15-8-9-4-3-7-13(9)12(16)10-5-1-2-6-11(10)14(17)18/h1-2,5-6,9,15H,3-4,7-8H2/t9-/m1/s1. The van der Waals surface area contributed by atoms with Gasteiger partial charge in [0, 0.05) is 12.6 Å². The van der Waals surface area contributed by atoms with Crippen molar-refractivity contribution in [1.29, 1.82) is 0 Å².